The lowest BCUT2D eigenvalue weighted by atomic mass is 10.0. The van der Waals surface area contributed by atoms with Crippen LogP contribution in [-0.2, 0) is 4.79 Å². The van der Waals surface area contributed by atoms with E-state index in [-0.39, 0.29) is 18.0 Å². The summed E-state index contributed by atoms with van der Waals surface area (Å²) < 4.78 is 0. The summed E-state index contributed by atoms with van der Waals surface area (Å²) in [5.41, 5.74) is 3.80. The van der Waals surface area contributed by atoms with E-state index < -0.39 is 0 Å². The van der Waals surface area contributed by atoms with E-state index >= 15 is 0 Å². The van der Waals surface area contributed by atoms with Gasteiger partial charge < -0.3 is 10.6 Å². The maximum absolute atomic E-state index is 11.5. The Morgan fingerprint density at radius 3 is 2.39 bits per heavy atom. The molecule has 0 spiro atoms. The van der Waals surface area contributed by atoms with Gasteiger partial charge in [0, 0.05) is 12.1 Å². The Morgan fingerprint density at radius 1 is 1.17 bits per heavy atom. The Hall–Kier alpha value is -1.35. The minimum Gasteiger partial charge on any atom is -0.353 e. The van der Waals surface area contributed by atoms with Crippen LogP contribution in [0.3, 0.4) is 0 Å². The average molecular weight is 248 g/mol. The molecule has 0 saturated carbocycles. The highest BCUT2D eigenvalue weighted by atomic mass is 16.1. The largest absolute Gasteiger partial charge is 0.353 e. The van der Waals surface area contributed by atoms with Crippen molar-refractivity contribution < 1.29 is 4.79 Å². The van der Waals surface area contributed by atoms with E-state index in [1.807, 2.05) is 13.8 Å². The molecule has 1 unspecified atom stereocenters. The van der Waals surface area contributed by atoms with Crippen molar-refractivity contribution >= 4 is 5.91 Å². The number of hydrogen-bond donors (Lipinski definition) is 2. The van der Waals surface area contributed by atoms with Crippen LogP contribution in [0.4, 0.5) is 0 Å². The third-order valence-electron chi connectivity index (χ3n) is 3.05. The lowest BCUT2D eigenvalue weighted by Gasteiger charge is -2.16. The monoisotopic (exact) mass is 248 g/mol. The summed E-state index contributed by atoms with van der Waals surface area (Å²) in [6.45, 7) is 10.6. The Labute approximate surface area is 110 Å². The lowest BCUT2D eigenvalue weighted by molar-refractivity contribution is -0.120. The minimum absolute atomic E-state index is 0.0423. The second-order valence-corrected chi connectivity index (χ2v) is 5.17. The predicted octanol–water partition coefficient (Wildman–Crippen LogP) is 2.48. The van der Waals surface area contributed by atoms with Crippen molar-refractivity contribution in [3.05, 3.63) is 34.9 Å². The summed E-state index contributed by atoms with van der Waals surface area (Å²) in [5.74, 6) is 0.0423. The normalized spacial score (nSPS) is 12.6. The summed E-state index contributed by atoms with van der Waals surface area (Å²) in [7, 11) is 0. The van der Waals surface area contributed by atoms with Crippen LogP contribution in [-0.4, -0.2) is 18.5 Å². The van der Waals surface area contributed by atoms with E-state index in [2.05, 4.69) is 49.6 Å². The second-order valence-electron chi connectivity index (χ2n) is 5.17. The molecule has 3 heteroatoms. The first-order valence-corrected chi connectivity index (χ1v) is 6.50. The molecule has 0 aromatic heterocycles. The van der Waals surface area contributed by atoms with Gasteiger partial charge >= 0.3 is 0 Å². The number of nitrogens with one attached hydrogen (secondary N) is 2. The fraction of sp³-hybridized carbons (Fsp3) is 0.533. The molecule has 0 aliphatic heterocycles. The van der Waals surface area contributed by atoms with Crippen LogP contribution in [0.15, 0.2) is 18.2 Å². The Bertz CT molecular complexity index is 413. The molecule has 1 amide bonds. The van der Waals surface area contributed by atoms with Crippen molar-refractivity contribution in [3.63, 3.8) is 0 Å². The van der Waals surface area contributed by atoms with E-state index in [1.165, 1.54) is 16.7 Å². The molecule has 0 heterocycles. The van der Waals surface area contributed by atoms with E-state index in [9.17, 15) is 4.79 Å². The van der Waals surface area contributed by atoms with Crippen molar-refractivity contribution in [1.82, 2.24) is 10.6 Å². The number of amides is 1. The Morgan fingerprint density at radius 2 is 1.83 bits per heavy atom. The summed E-state index contributed by atoms with van der Waals surface area (Å²) in [6, 6.07) is 6.78. The third kappa shape index (κ3) is 4.49. The van der Waals surface area contributed by atoms with Gasteiger partial charge in [-0.25, -0.2) is 0 Å². The maximum Gasteiger partial charge on any atom is 0.234 e. The molecule has 0 aliphatic rings. The number of carbonyl (C=O) groups excluding carboxylic acids is 1. The quantitative estimate of drug-likeness (QED) is 0.840. The fourth-order valence-electron chi connectivity index (χ4n) is 1.77. The first-order valence-electron chi connectivity index (χ1n) is 6.50. The molecule has 0 fully saturated rings. The van der Waals surface area contributed by atoms with Crippen molar-refractivity contribution in [2.45, 2.75) is 46.7 Å². The van der Waals surface area contributed by atoms with Crippen molar-refractivity contribution in [2.75, 3.05) is 6.54 Å². The standard InChI is InChI=1S/C15H24N2O/c1-10(2)17-15(18)9-16-13(5)14-7-6-11(3)12(4)8-14/h6-8,10,13,16H,9H2,1-5H3,(H,17,18). The van der Waals surface area contributed by atoms with Crippen molar-refractivity contribution in [3.8, 4) is 0 Å². The van der Waals surface area contributed by atoms with E-state index in [0.29, 0.717) is 6.54 Å². The number of rotatable bonds is 5. The van der Waals surface area contributed by atoms with Crippen molar-refractivity contribution in [1.29, 1.82) is 0 Å². The highest BCUT2D eigenvalue weighted by molar-refractivity contribution is 5.78. The zero-order valence-corrected chi connectivity index (χ0v) is 12.0. The van der Waals surface area contributed by atoms with Crippen LogP contribution < -0.4 is 10.6 Å². The zero-order valence-electron chi connectivity index (χ0n) is 12.0. The van der Waals surface area contributed by atoms with Crippen LogP contribution >= 0.6 is 0 Å². The summed E-state index contributed by atoms with van der Waals surface area (Å²) in [4.78, 5) is 11.5. The second kappa shape index (κ2) is 6.55. The summed E-state index contributed by atoms with van der Waals surface area (Å²) >= 11 is 0. The predicted molar refractivity (Wildman–Crippen MR) is 75.6 cm³/mol. The molecule has 0 aliphatic carbocycles. The first-order chi connectivity index (χ1) is 8.40. The smallest absolute Gasteiger partial charge is 0.234 e. The van der Waals surface area contributed by atoms with Gasteiger partial charge in [-0.3, -0.25) is 4.79 Å². The van der Waals surface area contributed by atoms with Gasteiger partial charge in [-0.05, 0) is 51.3 Å². The molecular weight excluding hydrogens is 224 g/mol. The SMILES string of the molecule is Cc1ccc(C(C)NCC(=O)NC(C)C)cc1C. The fourth-order valence-corrected chi connectivity index (χ4v) is 1.77. The maximum atomic E-state index is 11.5. The van der Waals surface area contributed by atoms with Gasteiger partial charge in [0.1, 0.15) is 0 Å². The topological polar surface area (TPSA) is 41.1 Å². The average Bonchev–Trinajstić information content (AvgIpc) is 2.28. The molecule has 1 aromatic rings. The highest BCUT2D eigenvalue weighted by Gasteiger charge is 2.08. The molecule has 2 N–H and O–H groups in total. The van der Waals surface area contributed by atoms with Crippen LogP contribution in [0.5, 0.6) is 0 Å². The summed E-state index contributed by atoms with van der Waals surface area (Å²) in [5, 5.41) is 6.11. The molecule has 18 heavy (non-hydrogen) atoms. The van der Waals surface area contributed by atoms with Gasteiger partial charge in [-0.2, -0.15) is 0 Å². The number of hydrogen-bond acceptors (Lipinski definition) is 2. The van der Waals surface area contributed by atoms with Gasteiger partial charge in [0.15, 0.2) is 0 Å². The third-order valence-corrected chi connectivity index (χ3v) is 3.05. The molecule has 0 bridgehead atoms. The van der Waals surface area contributed by atoms with Gasteiger partial charge in [-0.15, -0.1) is 0 Å². The van der Waals surface area contributed by atoms with E-state index in [4.69, 9.17) is 0 Å². The van der Waals surface area contributed by atoms with E-state index in [0.717, 1.165) is 0 Å². The zero-order chi connectivity index (χ0) is 13.7. The van der Waals surface area contributed by atoms with Gasteiger partial charge in [0.2, 0.25) is 5.91 Å². The summed E-state index contributed by atoms with van der Waals surface area (Å²) in [6.07, 6.45) is 0. The number of benzene rings is 1. The molecule has 3 nitrogen and oxygen atoms in total. The molecule has 0 radical (unpaired) electrons. The Kier molecular flexibility index (Phi) is 5.35. The highest BCUT2D eigenvalue weighted by Crippen LogP contribution is 2.16. The molecule has 1 aromatic carbocycles. The molecule has 0 saturated heterocycles. The lowest BCUT2D eigenvalue weighted by Crippen LogP contribution is -2.38. The number of aryl methyl sites for hydroxylation is 2. The molecule has 1 atom stereocenters. The molecular formula is C15H24N2O. The minimum atomic E-state index is 0.0423. The van der Waals surface area contributed by atoms with Crippen molar-refractivity contribution in [2.24, 2.45) is 0 Å². The van der Waals surface area contributed by atoms with Crippen LogP contribution in [0.2, 0.25) is 0 Å². The van der Waals surface area contributed by atoms with E-state index in [1.54, 1.807) is 0 Å². The van der Waals surface area contributed by atoms with Crippen LogP contribution in [0.25, 0.3) is 0 Å². The number of carbonyl (C=O) groups is 1. The van der Waals surface area contributed by atoms with Crippen LogP contribution in [0.1, 0.15) is 43.5 Å². The first kappa shape index (κ1) is 14.7. The van der Waals surface area contributed by atoms with Gasteiger partial charge in [0.05, 0.1) is 6.54 Å². The Balaban J connectivity index is 2.52. The van der Waals surface area contributed by atoms with Gasteiger partial charge in [-0.1, -0.05) is 18.2 Å². The molecule has 100 valence electrons. The molecule has 1 rings (SSSR count). The van der Waals surface area contributed by atoms with Crippen LogP contribution in [0, 0.1) is 13.8 Å². The van der Waals surface area contributed by atoms with Gasteiger partial charge in [0.25, 0.3) is 0 Å².